The van der Waals surface area contributed by atoms with Gasteiger partial charge in [-0.1, -0.05) is 0 Å². The summed E-state index contributed by atoms with van der Waals surface area (Å²) in [6.07, 6.45) is -1.87. The molecule has 28 heavy (non-hydrogen) atoms. The first kappa shape index (κ1) is 22.3. The van der Waals surface area contributed by atoms with E-state index in [0.717, 1.165) is 0 Å². The van der Waals surface area contributed by atoms with Crippen LogP contribution in [0.4, 0.5) is 13.6 Å². The van der Waals surface area contributed by atoms with Crippen molar-refractivity contribution in [3.8, 4) is 0 Å². The molecule has 0 spiro atoms. The number of alkyl halides is 2. The van der Waals surface area contributed by atoms with Crippen LogP contribution < -0.4 is 5.32 Å². The molecule has 3 atom stereocenters. The molecule has 0 aromatic heterocycles. The predicted octanol–water partition coefficient (Wildman–Crippen LogP) is 1.38. The Morgan fingerprint density at radius 3 is 2.50 bits per heavy atom. The summed E-state index contributed by atoms with van der Waals surface area (Å²) >= 11 is 0. The standard InChI is InChI=1S/C18H29F2N3O5/c1-18(2,3)28-17(26)21-12-9-22(10-14(19)20)8-7-11-5-6-13(16(25)27-4)23(11)15(12)24/h11-14H,5-10H2,1-4H3,(H,21,26)/t11-,12+,13-/m1/s1. The zero-order valence-electron chi connectivity index (χ0n) is 16.7. The molecular formula is C18H29F2N3O5. The minimum absolute atomic E-state index is 0.0838. The number of esters is 1. The first-order valence-electron chi connectivity index (χ1n) is 9.42. The van der Waals surface area contributed by atoms with Crippen LogP contribution in [0.15, 0.2) is 0 Å². The summed E-state index contributed by atoms with van der Waals surface area (Å²) in [5, 5.41) is 2.50. The van der Waals surface area contributed by atoms with Crippen LogP contribution in [0.1, 0.15) is 40.0 Å². The lowest BCUT2D eigenvalue weighted by Gasteiger charge is -2.38. The van der Waals surface area contributed by atoms with Crippen molar-refractivity contribution in [3.63, 3.8) is 0 Å². The SMILES string of the molecule is COC(=O)[C@H]1CC[C@@H]2CCN(CC(F)F)C[C@H](NC(=O)OC(C)(C)C)C(=O)N21. The highest BCUT2D eigenvalue weighted by molar-refractivity contribution is 5.90. The molecule has 2 heterocycles. The van der Waals surface area contributed by atoms with Gasteiger partial charge in [0.2, 0.25) is 5.91 Å². The van der Waals surface area contributed by atoms with Crippen LogP contribution in [0, 0.1) is 0 Å². The van der Waals surface area contributed by atoms with Crippen molar-refractivity contribution >= 4 is 18.0 Å². The van der Waals surface area contributed by atoms with Gasteiger partial charge in [0.15, 0.2) is 0 Å². The predicted molar refractivity (Wildman–Crippen MR) is 95.9 cm³/mol. The lowest BCUT2D eigenvalue weighted by atomic mass is 10.1. The molecule has 2 aliphatic rings. The molecule has 2 fully saturated rings. The molecule has 2 rings (SSSR count). The molecule has 10 heteroatoms. The molecule has 160 valence electrons. The number of nitrogens with one attached hydrogen (secondary N) is 1. The Morgan fingerprint density at radius 2 is 1.93 bits per heavy atom. The summed E-state index contributed by atoms with van der Waals surface area (Å²) in [4.78, 5) is 40.4. The molecule has 0 aromatic carbocycles. The van der Waals surface area contributed by atoms with E-state index in [4.69, 9.17) is 9.47 Å². The molecule has 0 unspecified atom stereocenters. The van der Waals surface area contributed by atoms with Crippen LogP contribution >= 0.6 is 0 Å². The van der Waals surface area contributed by atoms with Crippen LogP contribution in [0.25, 0.3) is 0 Å². The van der Waals surface area contributed by atoms with Gasteiger partial charge < -0.3 is 19.7 Å². The number of carbonyl (C=O) groups excluding carboxylic acids is 3. The van der Waals surface area contributed by atoms with Gasteiger partial charge in [-0.25, -0.2) is 18.4 Å². The molecule has 2 amide bonds. The average Bonchev–Trinajstić information content (AvgIpc) is 2.98. The fourth-order valence-electron chi connectivity index (χ4n) is 3.72. The number of fused-ring (bicyclic) bond motifs is 1. The second-order valence-electron chi connectivity index (χ2n) is 8.15. The molecule has 0 bridgehead atoms. The highest BCUT2D eigenvalue weighted by atomic mass is 19.3. The van der Waals surface area contributed by atoms with Crippen molar-refractivity contribution in [2.45, 2.75) is 70.2 Å². The van der Waals surface area contributed by atoms with E-state index < -0.39 is 48.6 Å². The fourth-order valence-corrected chi connectivity index (χ4v) is 3.72. The maximum atomic E-state index is 13.2. The van der Waals surface area contributed by atoms with Gasteiger partial charge in [0, 0.05) is 19.1 Å². The van der Waals surface area contributed by atoms with E-state index in [1.54, 1.807) is 20.8 Å². The van der Waals surface area contributed by atoms with E-state index in [1.165, 1.54) is 16.9 Å². The number of amides is 2. The smallest absolute Gasteiger partial charge is 0.408 e. The Balaban J connectivity index is 2.24. The van der Waals surface area contributed by atoms with Crippen molar-refractivity contribution in [2.24, 2.45) is 0 Å². The molecule has 0 radical (unpaired) electrons. The van der Waals surface area contributed by atoms with Gasteiger partial charge >= 0.3 is 12.1 Å². The van der Waals surface area contributed by atoms with E-state index in [0.29, 0.717) is 25.8 Å². The number of carbonyl (C=O) groups is 3. The molecule has 1 N–H and O–H groups in total. The molecule has 0 aromatic rings. The van der Waals surface area contributed by atoms with Gasteiger partial charge in [0.1, 0.15) is 17.7 Å². The van der Waals surface area contributed by atoms with E-state index in [2.05, 4.69) is 5.32 Å². The fraction of sp³-hybridized carbons (Fsp3) is 0.833. The largest absolute Gasteiger partial charge is 0.467 e. The number of hydrogen-bond acceptors (Lipinski definition) is 6. The van der Waals surface area contributed by atoms with Crippen LogP contribution in [0.3, 0.4) is 0 Å². The van der Waals surface area contributed by atoms with E-state index in [9.17, 15) is 23.2 Å². The molecular weight excluding hydrogens is 376 g/mol. The Bertz CT molecular complexity index is 596. The number of hydrogen-bond donors (Lipinski definition) is 1. The van der Waals surface area contributed by atoms with Crippen molar-refractivity contribution in [1.82, 2.24) is 15.1 Å². The number of methoxy groups -OCH3 is 1. The first-order chi connectivity index (χ1) is 13.0. The van der Waals surface area contributed by atoms with Crippen molar-refractivity contribution in [1.29, 1.82) is 0 Å². The van der Waals surface area contributed by atoms with Crippen molar-refractivity contribution in [3.05, 3.63) is 0 Å². The van der Waals surface area contributed by atoms with E-state index in [-0.39, 0.29) is 12.6 Å². The van der Waals surface area contributed by atoms with Gasteiger partial charge in [-0.05, 0) is 40.0 Å². The summed E-state index contributed by atoms with van der Waals surface area (Å²) in [7, 11) is 1.25. The highest BCUT2D eigenvalue weighted by Crippen LogP contribution is 2.30. The Labute approximate surface area is 163 Å². The van der Waals surface area contributed by atoms with E-state index in [1.807, 2.05) is 0 Å². The second kappa shape index (κ2) is 9.02. The quantitative estimate of drug-likeness (QED) is 0.711. The third-order valence-electron chi connectivity index (χ3n) is 4.83. The van der Waals surface area contributed by atoms with Gasteiger partial charge in [-0.3, -0.25) is 9.69 Å². The normalized spacial score (nSPS) is 26.5. The van der Waals surface area contributed by atoms with Gasteiger partial charge in [-0.15, -0.1) is 0 Å². The number of alkyl carbamates (subject to hydrolysis) is 1. The monoisotopic (exact) mass is 405 g/mol. The Morgan fingerprint density at radius 1 is 1.25 bits per heavy atom. The third-order valence-corrected chi connectivity index (χ3v) is 4.83. The minimum atomic E-state index is -2.56. The zero-order valence-corrected chi connectivity index (χ0v) is 16.7. The van der Waals surface area contributed by atoms with Crippen molar-refractivity contribution in [2.75, 3.05) is 26.7 Å². The molecule has 0 aliphatic carbocycles. The van der Waals surface area contributed by atoms with Crippen LogP contribution in [0.2, 0.25) is 0 Å². The number of ether oxygens (including phenoxy) is 2. The number of nitrogens with zero attached hydrogens (tertiary/aromatic N) is 2. The van der Waals surface area contributed by atoms with Crippen LogP contribution in [-0.4, -0.2) is 84.7 Å². The highest BCUT2D eigenvalue weighted by Gasteiger charge is 2.45. The van der Waals surface area contributed by atoms with Crippen molar-refractivity contribution < 1.29 is 32.6 Å². The summed E-state index contributed by atoms with van der Waals surface area (Å²) in [5.41, 5.74) is -0.776. The molecule has 0 saturated carbocycles. The summed E-state index contributed by atoms with van der Waals surface area (Å²) in [5.74, 6) is -1.00. The Hall–Kier alpha value is -1.97. The third kappa shape index (κ3) is 5.76. The molecule has 2 aliphatic heterocycles. The first-order valence-corrected chi connectivity index (χ1v) is 9.42. The lowest BCUT2D eigenvalue weighted by molar-refractivity contribution is -0.154. The van der Waals surface area contributed by atoms with Crippen LogP contribution in [0.5, 0.6) is 0 Å². The van der Waals surface area contributed by atoms with E-state index >= 15 is 0 Å². The maximum Gasteiger partial charge on any atom is 0.408 e. The Kier molecular flexibility index (Phi) is 7.19. The number of halogens is 2. The zero-order chi connectivity index (χ0) is 21.1. The summed E-state index contributed by atoms with van der Waals surface area (Å²) < 4.78 is 35.9. The van der Waals surface area contributed by atoms with Gasteiger partial charge in [0.05, 0.1) is 13.7 Å². The minimum Gasteiger partial charge on any atom is -0.467 e. The topological polar surface area (TPSA) is 88.2 Å². The maximum absolute atomic E-state index is 13.2. The molecule has 8 nitrogen and oxygen atoms in total. The lowest BCUT2D eigenvalue weighted by Crippen LogP contribution is -2.60. The van der Waals surface area contributed by atoms with Gasteiger partial charge in [0.25, 0.3) is 6.43 Å². The van der Waals surface area contributed by atoms with Gasteiger partial charge in [-0.2, -0.15) is 0 Å². The summed E-state index contributed by atoms with van der Waals surface area (Å²) in [6, 6.07) is -2.09. The molecule has 2 saturated heterocycles. The average molecular weight is 405 g/mol. The summed E-state index contributed by atoms with van der Waals surface area (Å²) in [6.45, 7) is 4.80. The van der Waals surface area contributed by atoms with Crippen LogP contribution in [-0.2, 0) is 19.1 Å². The second-order valence-corrected chi connectivity index (χ2v) is 8.15. The number of rotatable bonds is 4.